The van der Waals surface area contributed by atoms with Crippen molar-refractivity contribution >= 4 is 5.78 Å². The molecule has 0 spiro atoms. The molecule has 2 aromatic carbocycles. The molecule has 0 saturated carbocycles. The molecule has 0 N–H and O–H groups in total. The predicted molar refractivity (Wildman–Crippen MR) is 69.9 cm³/mol. The second-order valence-corrected chi connectivity index (χ2v) is 4.84. The van der Waals surface area contributed by atoms with Gasteiger partial charge in [0.15, 0.2) is 5.78 Å². The van der Waals surface area contributed by atoms with Gasteiger partial charge in [-0.25, -0.2) is 0 Å². The summed E-state index contributed by atoms with van der Waals surface area (Å²) >= 11 is 0. The molecule has 2 unspecified atom stereocenters. The van der Waals surface area contributed by atoms with E-state index < -0.39 is 0 Å². The van der Waals surface area contributed by atoms with Gasteiger partial charge in [0.2, 0.25) is 0 Å². The summed E-state index contributed by atoms with van der Waals surface area (Å²) in [6, 6.07) is 15.1. The van der Waals surface area contributed by atoms with Crippen LogP contribution in [-0.4, -0.2) is 18.5 Å². The first-order valence-corrected chi connectivity index (χ1v) is 6.36. The normalized spacial score (nSPS) is 23.5. The maximum Gasteiger partial charge on any atom is 0.178 e. The number of ether oxygens (including phenoxy) is 2. The highest BCUT2D eigenvalue weighted by atomic mass is 16.5. The second kappa shape index (κ2) is 3.85. The molecule has 2 aliphatic heterocycles. The molecule has 0 saturated heterocycles. The zero-order valence-electron chi connectivity index (χ0n) is 10.2. The molecule has 3 nitrogen and oxygen atoms in total. The summed E-state index contributed by atoms with van der Waals surface area (Å²) in [7, 11) is 0. The molecule has 0 radical (unpaired) electrons. The lowest BCUT2D eigenvalue weighted by Crippen LogP contribution is -2.42. The Hall–Kier alpha value is -2.29. The lowest BCUT2D eigenvalue weighted by molar-refractivity contribution is 0.0561. The van der Waals surface area contributed by atoms with E-state index in [1.165, 1.54) is 0 Å². The summed E-state index contributed by atoms with van der Waals surface area (Å²) in [6.45, 7) is 0.418. The minimum atomic E-state index is -0.250. The highest BCUT2D eigenvalue weighted by Gasteiger charge is 2.42. The van der Waals surface area contributed by atoms with E-state index in [0.717, 1.165) is 11.3 Å². The average Bonchev–Trinajstić information content (AvgIpc) is 2.47. The number of ketones is 1. The number of rotatable bonds is 0. The Bertz CT molecular complexity index is 663. The Kier molecular flexibility index (Phi) is 2.15. The van der Waals surface area contributed by atoms with E-state index in [1.54, 1.807) is 0 Å². The number of carbonyl (C=O) groups excluding carboxylic acids is 1. The third-order valence-corrected chi connectivity index (χ3v) is 3.74. The number of Topliss-reactive ketones (excluding diaryl/α,β-unsaturated/α-hetero) is 1. The average molecular weight is 252 g/mol. The molecule has 3 heteroatoms. The van der Waals surface area contributed by atoms with Crippen LogP contribution in [0.4, 0.5) is 0 Å². The molecule has 0 fully saturated rings. The third-order valence-electron chi connectivity index (χ3n) is 3.74. The fourth-order valence-corrected chi connectivity index (χ4v) is 2.85. The molecule has 0 aromatic heterocycles. The summed E-state index contributed by atoms with van der Waals surface area (Å²) in [5.74, 6) is 1.33. The molecule has 2 heterocycles. The van der Waals surface area contributed by atoms with E-state index in [4.69, 9.17) is 9.47 Å². The van der Waals surface area contributed by atoms with Crippen molar-refractivity contribution in [1.29, 1.82) is 0 Å². The van der Waals surface area contributed by atoms with Crippen molar-refractivity contribution in [3.05, 3.63) is 59.7 Å². The molecule has 2 aliphatic rings. The Morgan fingerprint density at radius 2 is 1.68 bits per heavy atom. The quantitative estimate of drug-likeness (QED) is 0.723. The molecule has 2 atom stereocenters. The van der Waals surface area contributed by atoms with E-state index in [1.807, 2.05) is 48.5 Å². The van der Waals surface area contributed by atoms with Gasteiger partial charge in [-0.15, -0.1) is 0 Å². The fourth-order valence-electron chi connectivity index (χ4n) is 2.85. The highest BCUT2D eigenvalue weighted by molar-refractivity contribution is 6.05. The summed E-state index contributed by atoms with van der Waals surface area (Å²) in [5.41, 5.74) is 1.60. The molecule has 4 rings (SSSR count). The van der Waals surface area contributed by atoms with Crippen LogP contribution in [0.2, 0.25) is 0 Å². The maximum absolute atomic E-state index is 12.7. The van der Waals surface area contributed by atoms with E-state index in [2.05, 4.69) is 0 Å². The number of hydrogen-bond acceptors (Lipinski definition) is 3. The van der Waals surface area contributed by atoms with Gasteiger partial charge in [-0.2, -0.15) is 0 Å². The van der Waals surface area contributed by atoms with Gasteiger partial charge in [0.1, 0.15) is 24.2 Å². The molecule has 0 bridgehead atoms. The Morgan fingerprint density at radius 1 is 0.947 bits per heavy atom. The van der Waals surface area contributed by atoms with Gasteiger partial charge in [-0.3, -0.25) is 4.79 Å². The Labute approximate surface area is 110 Å². The van der Waals surface area contributed by atoms with Crippen LogP contribution in [0.1, 0.15) is 21.8 Å². The molecular formula is C16H12O3. The molecule has 2 aromatic rings. The van der Waals surface area contributed by atoms with Gasteiger partial charge < -0.3 is 9.47 Å². The van der Waals surface area contributed by atoms with E-state index in [9.17, 15) is 4.79 Å². The first-order chi connectivity index (χ1) is 9.34. The van der Waals surface area contributed by atoms with Crippen molar-refractivity contribution in [3.8, 4) is 11.5 Å². The zero-order valence-corrected chi connectivity index (χ0v) is 10.2. The topological polar surface area (TPSA) is 35.5 Å². The molecule has 19 heavy (non-hydrogen) atoms. The van der Waals surface area contributed by atoms with E-state index >= 15 is 0 Å². The van der Waals surface area contributed by atoms with Crippen LogP contribution in [0.5, 0.6) is 11.5 Å². The van der Waals surface area contributed by atoms with Crippen molar-refractivity contribution in [2.45, 2.75) is 12.0 Å². The van der Waals surface area contributed by atoms with Gasteiger partial charge in [-0.05, 0) is 18.2 Å². The van der Waals surface area contributed by atoms with Crippen LogP contribution < -0.4 is 9.47 Å². The van der Waals surface area contributed by atoms with Gasteiger partial charge in [0.05, 0.1) is 11.5 Å². The fraction of sp³-hybridized carbons (Fsp3) is 0.188. The third kappa shape index (κ3) is 1.48. The molecular weight excluding hydrogens is 240 g/mol. The summed E-state index contributed by atoms with van der Waals surface area (Å²) in [4.78, 5) is 12.7. The largest absolute Gasteiger partial charge is 0.489 e. The van der Waals surface area contributed by atoms with Gasteiger partial charge in [0.25, 0.3) is 0 Å². The first kappa shape index (κ1) is 10.6. The van der Waals surface area contributed by atoms with Crippen molar-refractivity contribution in [1.82, 2.24) is 0 Å². The first-order valence-electron chi connectivity index (χ1n) is 6.36. The lowest BCUT2D eigenvalue weighted by Gasteiger charge is -2.36. The Balaban J connectivity index is 1.87. The van der Waals surface area contributed by atoms with Gasteiger partial charge in [-0.1, -0.05) is 30.3 Å². The summed E-state index contributed by atoms with van der Waals surface area (Å²) < 4.78 is 11.6. The Morgan fingerprint density at radius 3 is 2.58 bits per heavy atom. The van der Waals surface area contributed by atoms with Crippen LogP contribution in [0, 0.1) is 0 Å². The zero-order chi connectivity index (χ0) is 12.8. The van der Waals surface area contributed by atoms with Crippen molar-refractivity contribution in [2.24, 2.45) is 0 Å². The van der Waals surface area contributed by atoms with Crippen LogP contribution in [0.3, 0.4) is 0 Å². The SMILES string of the molecule is O=C1c2ccccc2OC2COc3ccccc3C12. The smallest absolute Gasteiger partial charge is 0.178 e. The van der Waals surface area contributed by atoms with Crippen LogP contribution >= 0.6 is 0 Å². The minimum Gasteiger partial charge on any atom is -0.489 e. The standard InChI is InChI=1S/C16H12O3/c17-16-11-6-2-4-8-13(11)19-14-9-18-12-7-3-1-5-10(12)15(14)16/h1-8,14-15H,9H2. The molecule has 0 aliphatic carbocycles. The number of fused-ring (bicyclic) bond motifs is 4. The number of benzene rings is 2. The number of hydrogen-bond donors (Lipinski definition) is 0. The van der Waals surface area contributed by atoms with E-state index in [-0.39, 0.29) is 17.8 Å². The number of carbonyl (C=O) groups is 1. The summed E-state index contributed by atoms with van der Waals surface area (Å²) in [6.07, 6.45) is -0.225. The van der Waals surface area contributed by atoms with Crippen LogP contribution in [0.15, 0.2) is 48.5 Å². The summed E-state index contributed by atoms with van der Waals surface area (Å²) in [5, 5.41) is 0. The molecule has 0 amide bonds. The van der Waals surface area contributed by atoms with Gasteiger partial charge >= 0.3 is 0 Å². The van der Waals surface area contributed by atoms with Crippen LogP contribution in [0.25, 0.3) is 0 Å². The highest BCUT2D eigenvalue weighted by Crippen LogP contribution is 2.42. The van der Waals surface area contributed by atoms with E-state index in [0.29, 0.717) is 17.9 Å². The predicted octanol–water partition coefficient (Wildman–Crippen LogP) is 2.81. The lowest BCUT2D eigenvalue weighted by atomic mass is 9.82. The van der Waals surface area contributed by atoms with Crippen molar-refractivity contribution in [3.63, 3.8) is 0 Å². The molecule has 94 valence electrons. The second-order valence-electron chi connectivity index (χ2n) is 4.84. The minimum absolute atomic E-state index is 0.127. The van der Waals surface area contributed by atoms with Crippen LogP contribution in [-0.2, 0) is 0 Å². The number of para-hydroxylation sites is 2. The van der Waals surface area contributed by atoms with Crippen molar-refractivity contribution < 1.29 is 14.3 Å². The van der Waals surface area contributed by atoms with Gasteiger partial charge in [0, 0.05) is 5.56 Å². The maximum atomic E-state index is 12.7. The van der Waals surface area contributed by atoms with Crippen molar-refractivity contribution in [2.75, 3.05) is 6.61 Å². The monoisotopic (exact) mass is 252 g/mol.